The molecule has 1 heterocycles. The van der Waals surface area contributed by atoms with Crippen LogP contribution in [-0.2, 0) is 4.79 Å². The summed E-state index contributed by atoms with van der Waals surface area (Å²) < 4.78 is 0. The molecule has 0 spiro atoms. The van der Waals surface area contributed by atoms with E-state index < -0.39 is 0 Å². The van der Waals surface area contributed by atoms with Gasteiger partial charge in [0.2, 0.25) is 0 Å². The van der Waals surface area contributed by atoms with Gasteiger partial charge in [0.25, 0.3) is 0 Å². The highest BCUT2D eigenvalue weighted by Gasteiger charge is 2.03. The van der Waals surface area contributed by atoms with Crippen LogP contribution in [0.2, 0.25) is 0 Å². The van der Waals surface area contributed by atoms with E-state index in [2.05, 4.69) is 5.32 Å². The van der Waals surface area contributed by atoms with Crippen molar-refractivity contribution in [2.75, 3.05) is 13.1 Å². The summed E-state index contributed by atoms with van der Waals surface area (Å²) in [6.07, 6.45) is 3.78. The molecule has 0 radical (unpaired) electrons. The standard InChI is InChI=1S/C7H13NO/c9-7-3-1-2-5-8-6-4-7/h8H,1-6H2. The first-order valence-corrected chi connectivity index (χ1v) is 3.62. The van der Waals surface area contributed by atoms with E-state index in [4.69, 9.17) is 0 Å². The molecule has 9 heavy (non-hydrogen) atoms. The molecule has 0 aromatic heterocycles. The van der Waals surface area contributed by atoms with Gasteiger partial charge in [-0.15, -0.1) is 0 Å². The van der Waals surface area contributed by atoms with Crippen molar-refractivity contribution in [2.45, 2.75) is 25.7 Å². The molecule has 0 aromatic carbocycles. The Kier molecular flexibility index (Phi) is 2.71. The van der Waals surface area contributed by atoms with Gasteiger partial charge in [-0.1, -0.05) is 0 Å². The van der Waals surface area contributed by atoms with Crippen LogP contribution < -0.4 is 5.32 Å². The van der Waals surface area contributed by atoms with E-state index in [-0.39, 0.29) is 0 Å². The first-order chi connectivity index (χ1) is 4.39. The highest BCUT2D eigenvalue weighted by Crippen LogP contribution is 2.00. The predicted octanol–water partition coefficient (Wildman–Crippen LogP) is 0.719. The summed E-state index contributed by atoms with van der Waals surface area (Å²) in [5, 5.41) is 3.20. The third-order valence-corrected chi connectivity index (χ3v) is 1.64. The van der Waals surface area contributed by atoms with Gasteiger partial charge in [-0.25, -0.2) is 0 Å². The first-order valence-electron chi connectivity index (χ1n) is 3.62. The van der Waals surface area contributed by atoms with E-state index >= 15 is 0 Å². The molecule has 1 rings (SSSR count). The smallest absolute Gasteiger partial charge is 0.134 e. The fourth-order valence-electron chi connectivity index (χ4n) is 1.05. The molecule has 0 saturated carbocycles. The minimum atomic E-state index is 0.419. The molecular formula is C7H13NO. The van der Waals surface area contributed by atoms with Gasteiger partial charge in [0, 0.05) is 19.4 Å². The largest absolute Gasteiger partial charge is 0.316 e. The Morgan fingerprint density at radius 1 is 1.11 bits per heavy atom. The first kappa shape index (κ1) is 6.75. The average Bonchev–Trinajstić information content (AvgIpc) is 1.79. The zero-order valence-corrected chi connectivity index (χ0v) is 5.65. The lowest BCUT2D eigenvalue weighted by atomic mass is 10.1. The van der Waals surface area contributed by atoms with Crippen LogP contribution in [0, 0.1) is 0 Å². The lowest BCUT2D eigenvalue weighted by Crippen LogP contribution is -2.22. The third kappa shape index (κ3) is 2.61. The normalized spacial score (nSPS) is 22.9. The molecule has 2 heteroatoms. The minimum Gasteiger partial charge on any atom is -0.316 e. The Morgan fingerprint density at radius 2 is 2.00 bits per heavy atom. The van der Waals surface area contributed by atoms with Crippen molar-refractivity contribution in [3.63, 3.8) is 0 Å². The van der Waals surface area contributed by atoms with Crippen molar-refractivity contribution in [1.29, 1.82) is 0 Å². The molecule has 0 amide bonds. The highest BCUT2D eigenvalue weighted by molar-refractivity contribution is 5.78. The van der Waals surface area contributed by atoms with E-state index in [1.54, 1.807) is 0 Å². The number of hydrogen-bond acceptors (Lipinski definition) is 2. The zero-order valence-electron chi connectivity index (χ0n) is 5.65. The summed E-state index contributed by atoms with van der Waals surface area (Å²) in [4.78, 5) is 10.8. The van der Waals surface area contributed by atoms with E-state index in [0.717, 1.165) is 38.8 Å². The molecule has 0 bridgehead atoms. The van der Waals surface area contributed by atoms with Gasteiger partial charge < -0.3 is 5.32 Å². The molecule has 1 aliphatic heterocycles. The molecule has 0 aromatic rings. The van der Waals surface area contributed by atoms with Crippen molar-refractivity contribution < 1.29 is 4.79 Å². The fourth-order valence-corrected chi connectivity index (χ4v) is 1.05. The lowest BCUT2D eigenvalue weighted by Gasteiger charge is -2.07. The predicted molar refractivity (Wildman–Crippen MR) is 36.3 cm³/mol. The third-order valence-electron chi connectivity index (χ3n) is 1.64. The molecule has 0 unspecified atom stereocenters. The number of nitrogens with one attached hydrogen (secondary N) is 1. The SMILES string of the molecule is O=C1CCCCNCC1. The Hall–Kier alpha value is -0.370. The summed E-state index contributed by atoms with van der Waals surface area (Å²) in [7, 11) is 0. The Balaban J connectivity index is 2.20. The number of Topliss-reactive ketones (excluding diaryl/α,β-unsaturated/α-hetero) is 1. The molecule has 1 saturated heterocycles. The van der Waals surface area contributed by atoms with Crippen LogP contribution in [-0.4, -0.2) is 18.9 Å². The van der Waals surface area contributed by atoms with Crippen LogP contribution in [0.3, 0.4) is 0 Å². The van der Waals surface area contributed by atoms with Gasteiger partial charge in [0.05, 0.1) is 0 Å². The average molecular weight is 127 g/mol. The Morgan fingerprint density at radius 3 is 2.89 bits per heavy atom. The van der Waals surface area contributed by atoms with E-state index in [0.29, 0.717) is 5.78 Å². The maximum Gasteiger partial charge on any atom is 0.134 e. The van der Waals surface area contributed by atoms with E-state index in [1.165, 1.54) is 0 Å². The molecule has 52 valence electrons. The summed E-state index contributed by atoms with van der Waals surface area (Å²) in [6.45, 7) is 1.98. The van der Waals surface area contributed by atoms with Crippen LogP contribution in [0.5, 0.6) is 0 Å². The summed E-state index contributed by atoms with van der Waals surface area (Å²) >= 11 is 0. The number of ketones is 1. The quantitative estimate of drug-likeness (QED) is 0.519. The number of carbonyl (C=O) groups is 1. The fraction of sp³-hybridized carbons (Fsp3) is 0.857. The van der Waals surface area contributed by atoms with Crippen molar-refractivity contribution in [3.05, 3.63) is 0 Å². The van der Waals surface area contributed by atoms with Gasteiger partial charge in [-0.2, -0.15) is 0 Å². The summed E-state index contributed by atoms with van der Waals surface area (Å²) in [5.41, 5.74) is 0. The summed E-state index contributed by atoms with van der Waals surface area (Å²) in [5.74, 6) is 0.419. The second-order valence-corrected chi connectivity index (χ2v) is 2.50. The molecule has 1 aliphatic rings. The highest BCUT2D eigenvalue weighted by atomic mass is 16.1. The monoisotopic (exact) mass is 127 g/mol. The Labute approximate surface area is 55.6 Å². The second kappa shape index (κ2) is 3.62. The van der Waals surface area contributed by atoms with Crippen LogP contribution >= 0.6 is 0 Å². The van der Waals surface area contributed by atoms with Gasteiger partial charge in [0.1, 0.15) is 5.78 Å². The zero-order chi connectivity index (χ0) is 6.53. The lowest BCUT2D eigenvalue weighted by molar-refractivity contribution is -0.119. The van der Waals surface area contributed by atoms with Crippen molar-refractivity contribution in [3.8, 4) is 0 Å². The molecule has 2 nitrogen and oxygen atoms in total. The molecule has 0 aliphatic carbocycles. The van der Waals surface area contributed by atoms with Crippen LogP contribution in [0.25, 0.3) is 0 Å². The Bertz CT molecular complexity index is 91.1. The molecule has 0 atom stereocenters. The van der Waals surface area contributed by atoms with Gasteiger partial charge in [0.15, 0.2) is 0 Å². The van der Waals surface area contributed by atoms with Crippen LogP contribution in [0.1, 0.15) is 25.7 Å². The summed E-state index contributed by atoms with van der Waals surface area (Å²) in [6, 6.07) is 0. The van der Waals surface area contributed by atoms with Crippen LogP contribution in [0.4, 0.5) is 0 Å². The van der Waals surface area contributed by atoms with Crippen LogP contribution in [0.15, 0.2) is 0 Å². The van der Waals surface area contributed by atoms with Gasteiger partial charge in [-0.3, -0.25) is 4.79 Å². The maximum atomic E-state index is 10.8. The second-order valence-electron chi connectivity index (χ2n) is 2.50. The van der Waals surface area contributed by atoms with Gasteiger partial charge in [-0.05, 0) is 19.4 Å². The number of hydrogen-bond donors (Lipinski definition) is 1. The minimum absolute atomic E-state index is 0.419. The van der Waals surface area contributed by atoms with E-state index in [1.807, 2.05) is 0 Å². The maximum absolute atomic E-state index is 10.8. The van der Waals surface area contributed by atoms with Gasteiger partial charge >= 0.3 is 0 Å². The van der Waals surface area contributed by atoms with Crippen molar-refractivity contribution in [1.82, 2.24) is 5.32 Å². The molecular weight excluding hydrogens is 114 g/mol. The van der Waals surface area contributed by atoms with E-state index in [9.17, 15) is 4.79 Å². The topological polar surface area (TPSA) is 29.1 Å². The molecule has 1 fully saturated rings. The number of carbonyl (C=O) groups excluding carboxylic acids is 1. The van der Waals surface area contributed by atoms with Crippen molar-refractivity contribution >= 4 is 5.78 Å². The molecule has 1 N–H and O–H groups in total. The van der Waals surface area contributed by atoms with Crippen molar-refractivity contribution in [2.24, 2.45) is 0 Å². The number of rotatable bonds is 0.